The first-order valence-corrected chi connectivity index (χ1v) is 11.7. The number of nitrogens with zero attached hydrogens (tertiary/aromatic N) is 1. The summed E-state index contributed by atoms with van der Waals surface area (Å²) in [5.41, 5.74) is 1.45. The normalized spacial score (nSPS) is 22.8. The van der Waals surface area contributed by atoms with Crippen molar-refractivity contribution in [3.63, 3.8) is 0 Å². The van der Waals surface area contributed by atoms with Gasteiger partial charge in [-0.25, -0.2) is 9.78 Å². The molecule has 32 heavy (non-hydrogen) atoms. The van der Waals surface area contributed by atoms with Crippen LogP contribution in [-0.2, 0) is 24.5 Å². The number of hydrogen-bond donors (Lipinski definition) is 2. The number of hydrogen-bond acceptors (Lipinski definition) is 8. The van der Waals surface area contributed by atoms with Crippen molar-refractivity contribution in [2.45, 2.75) is 59.0 Å². The molecule has 0 saturated carbocycles. The molecule has 3 unspecified atom stereocenters. The Morgan fingerprint density at radius 1 is 1.12 bits per heavy atom. The second-order valence-corrected chi connectivity index (χ2v) is 9.02. The van der Waals surface area contributed by atoms with Crippen LogP contribution in [0.15, 0.2) is 41.6 Å². The van der Waals surface area contributed by atoms with Crippen molar-refractivity contribution in [2.24, 2.45) is 0 Å². The number of thiazole rings is 1. The molecule has 172 valence electrons. The number of aromatic nitrogens is 1. The van der Waals surface area contributed by atoms with Crippen LogP contribution in [0, 0.1) is 13.8 Å². The molecule has 0 radical (unpaired) electrons. The summed E-state index contributed by atoms with van der Waals surface area (Å²) in [6, 6.07) is 8.33. The summed E-state index contributed by atoms with van der Waals surface area (Å²) in [6.07, 6.45) is 0. The van der Waals surface area contributed by atoms with Gasteiger partial charge in [0.2, 0.25) is 0 Å². The van der Waals surface area contributed by atoms with Crippen molar-refractivity contribution >= 4 is 28.4 Å². The molecule has 2 heterocycles. The summed E-state index contributed by atoms with van der Waals surface area (Å²) in [7, 11) is 0. The Labute approximate surface area is 193 Å². The van der Waals surface area contributed by atoms with Gasteiger partial charge in [-0.2, -0.15) is 0 Å². The summed E-state index contributed by atoms with van der Waals surface area (Å²) in [5.74, 6) is -0.889. The number of rotatable bonds is 7. The van der Waals surface area contributed by atoms with Gasteiger partial charge >= 0.3 is 11.9 Å². The van der Waals surface area contributed by atoms with E-state index in [2.05, 4.69) is 15.6 Å². The summed E-state index contributed by atoms with van der Waals surface area (Å²) < 4.78 is 11.0. The lowest BCUT2D eigenvalue weighted by molar-refractivity contribution is -0.152. The maximum absolute atomic E-state index is 13.7. The third-order valence-electron chi connectivity index (χ3n) is 5.92. The molecule has 7 nitrogen and oxygen atoms in total. The first-order valence-electron chi connectivity index (χ1n) is 10.8. The molecule has 0 fully saturated rings. The predicted octanol–water partition coefficient (Wildman–Crippen LogP) is 3.87. The van der Waals surface area contributed by atoms with Crippen LogP contribution in [0.3, 0.4) is 0 Å². The Morgan fingerprint density at radius 2 is 1.78 bits per heavy atom. The van der Waals surface area contributed by atoms with Crippen LogP contribution in [0.2, 0.25) is 0 Å². The van der Waals surface area contributed by atoms with Gasteiger partial charge in [-0.1, -0.05) is 30.3 Å². The standard InChI is InChI=1S/C24H31N3O4S/c1-7-30-21(28)19-15(4)25-17(6)24(22(29)31-8-2,18-12-10-9-11-13-18)20(19)27-23-26-14(3)16(5)32-23/h9-13,17,20,25H,7-8H2,1-6H3,(H,26,27). The van der Waals surface area contributed by atoms with Crippen molar-refractivity contribution < 1.29 is 19.1 Å². The van der Waals surface area contributed by atoms with Gasteiger partial charge in [-0.05, 0) is 47.1 Å². The molecule has 0 saturated heterocycles. The molecule has 0 amide bonds. The van der Waals surface area contributed by atoms with Gasteiger partial charge in [0.1, 0.15) is 5.41 Å². The topological polar surface area (TPSA) is 89.5 Å². The quantitative estimate of drug-likeness (QED) is 0.610. The highest BCUT2D eigenvalue weighted by molar-refractivity contribution is 7.15. The second-order valence-electron chi connectivity index (χ2n) is 7.82. The molecule has 3 rings (SSSR count). The number of carbonyl (C=O) groups excluding carboxylic acids is 2. The molecule has 2 aromatic rings. The number of anilines is 1. The highest BCUT2D eigenvalue weighted by atomic mass is 32.1. The second kappa shape index (κ2) is 9.73. The zero-order valence-electron chi connectivity index (χ0n) is 19.4. The zero-order valence-corrected chi connectivity index (χ0v) is 20.3. The van der Waals surface area contributed by atoms with E-state index in [0.29, 0.717) is 16.4 Å². The van der Waals surface area contributed by atoms with Crippen molar-refractivity contribution in [3.8, 4) is 0 Å². The zero-order chi connectivity index (χ0) is 23.5. The van der Waals surface area contributed by atoms with Crippen LogP contribution in [0.25, 0.3) is 0 Å². The largest absolute Gasteiger partial charge is 0.465 e. The number of carbonyl (C=O) groups is 2. The van der Waals surface area contributed by atoms with E-state index in [4.69, 9.17) is 9.47 Å². The third-order valence-corrected chi connectivity index (χ3v) is 6.92. The lowest BCUT2D eigenvalue weighted by atomic mass is 9.64. The van der Waals surface area contributed by atoms with Gasteiger partial charge in [0.25, 0.3) is 0 Å². The van der Waals surface area contributed by atoms with Gasteiger partial charge in [0.15, 0.2) is 5.13 Å². The molecule has 1 aliphatic heterocycles. The molecule has 0 aliphatic carbocycles. The minimum absolute atomic E-state index is 0.222. The van der Waals surface area contributed by atoms with Crippen molar-refractivity contribution in [3.05, 3.63) is 57.7 Å². The van der Waals surface area contributed by atoms with Crippen LogP contribution < -0.4 is 10.6 Å². The molecule has 1 aromatic carbocycles. The smallest absolute Gasteiger partial charge is 0.337 e. The van der Waals surface area contributed by atoms with Crippen LogP contribution >= 0.6 is 11.3 Å². The minimum Gasteiger partial charge on any atom is -0.465 e. The van der Waals surface area contributed by atoms with Crippen LogP contribution in [0.1, 0.15) is 43.8 Å². The molecule has 8 heteroatoms. The number of nitrogens with one attached hydrogen (secondary N) is 2. The van der Waals surface area contributed by atoms with E-state index < -0.39 is 23.4 Å². The number of allylic oxidation sites excluding steroid dienone is 1. The van der Waals surface area contributed by atoms with E-state index >= 15 is 0 Å². The van der Waals surface area contributed by atoms with E-state index in [9.17, 15) is 9.59 Å². The Bertz CT molecular complexity index is 998. The number of ether oxygens (including phenoxy) is 2. The molecule has 3 atom stereocenters. The van der Waals surface area contributed by atoms with E-state index in [0.717, 1.165) is 16.1 Å². The molecule has 1 aliphatic rings. The fourth-order valence-electron chi connectivity index (χ4n) is 4.33. The first kappa shape index (κ1) is 23.8. The van der Waals surface area contributed by atoms with Gasteiger partial charge in [-0.3, -0.25) is 4.79 Å². The van der Waals surface area contributed by atoms with Gasteiger partial charge in [0, 0.05) is 16.6 Å². The van der Waals surface area contributed by atoms with Crippen LogP contribution in [-0.4, -0.2) is 42.2 Å². The maximum atomic E-state index is 13.7. The fraction of sp³-hybridized carbons (Fsp3) is 0.458. The molecular weight excluding hydrogens is 426 g/mol. The molecule has 0 spiro atoms. The van der Waals surface area contributed by atoms with Crippen LogP contribution in [0.4, 0.5) is 5.13 Å². The van der Waals surface area contributed by atoms with E-state index in [1.807, 2.05) is 58.0 Å². The van der Waals surface area contributed by atoms with Gasteiger partial charge < -0.3 is 20.1 Å². The molecule has 0 bridgehead atoms. The highest BCUT2D eigenvalue weighted by Crippen LogP contribution is 2.43. The lowest BCUT2D eigenvalue weighted by Gasteiger charge is -2.48. The van der Waals surface area contributed by atoms with Gasteiger partial charge in [0.05, 0.1) is 30.5 Å². The van der Waals surface area contributed by atoms with Crippen molar-refractivity contribution in [1.29, 1.82) is 0 Å². The first-order chi connectivity index (χ1) is 15.3. The van der Waals surface area contributed by atoms with Crippen molar-refractivity contribution in [1.82, 2.24) is 10.3 Å². The number of benzene rings is 1. The SMILES string of the molecule is CCOC(=O)C1=C(C)NC(C)C(C(=O)OCC)(c2ccccc2)C1Nc1nc(C)c(C)s1. The van der Waals surface area contributed by atoms with E-state index in [-0.39, 0.29) is 19.3 Å². The highest BCUT2D eigenvalue weighted by Gasteiger charge is 2.58. The summed E-state index contributed by atoms with van der Waals surface area (Å²) in [5, 5.41) is 7.42. The average molecular weight is 458 g/mol. The fourth-order valence-corrected chi connectivity index (χ4v) is 5.17. The van der Waals surface area contributed by atoms with Gasteiger partial charge in [-0.15, -0.1) is 11.3 Å². The third kappa shape index (κ3) is 4.11. The molecular formula is C24H31N3O4S. The summed E-state index contributed by atoms with van der Waals surface area (Å²) in [4.78, 5) is 32.6. The lowest BCUT2D eigenvalue weighted by Crippen LogP contribution is -2.66. The predicted molar refractivity (Wildman–Crippen MR) is 126 cm³/mol. The number of aryl methyl sites for hydroxylation is 2. The number of esters is 2. The summed E-state index contributed by atoms with van der Waals surface area (Å²) in [6.45, 7) is 11.7. The Balaban J connectivity index is 2.29. The minimum atomic E-state index is -1.23. The van der Waals surface area contributed by atoms with Crippen molar-refractivity contribution in [2.75, 3.05) is 18.5 Å². The Kier molecular flexibility index (Phi) is 7.23. The Hall–Kier alpha value is -2.87. The summed E-state index contributed by atoms with van der Waals surface area (Å²) >= 11 is 1.49. The Morgan fingerprint density at radius 3 is 2.34 bits per heavy atom. The molecule has 2 N–H and O–H groups in total. The molecule has 1 aromatic heterocycles. The van der Waals surface area contributed by atoms with E-state index in [1.54, 1.807) is 13.8 Å². The average Bonchev–Trinajstić information content (AvgIpc) is 3.06. The van der Waals surface area contributed by atoms with E-state index in [1.165, 1.54) is 11.3 Å². The maximum Gasteiger partial charge on any atom is 0.337 e. The van der Waals surface area contributed by atoms with Crippen LogP contribution in [0.5, 0.6) is 0 Å². The monoisotopic (exact) mass is 457 g/mol.